The average Bonchev–Trinajstić information content (AvgIpc) is 2.75. The van der Waals surface area contributed by atoms with E-state index in [1.54, 1.807) is 12.1 Å². The number of nitrogen functional groups attached to an aromatic ring is 1. The fraction of sp³-hybridized carbons (Fsp3) is 0.360. The lowest BCUT2D eigenvalue weighted by Gasteiger charge is -2.35. The minimum Gasteiger partial charge on any atom is -0.397 e. The number of likely N-dealkylation sites (tertiary alicyclic amines) is 1. The Bertz CT molecular complexity index is 1060. The van der Waals surface area contributed by atoms with Gasteiger partial charge in [-0.3, -0.25) is 4.79 Å². The molecule has 170 valence electrons. The molecule has 1 aliphatic heterocycles. The summed E-state index contributed by atoms with van der Waals surface area (Å²) >= 11 is 0. The van der Waals surface area contributed by atoms with E-state index >= 15 is 0 Å². The third kappa shape index (κ3) is 5.55. The number of aromatic nitrogens is 1. The summed E-state index contributed by atoms with van der Waals surface area (Å²) in [6, 6.07) is 7.95. The van der Waals surface area contributed by atoms with E-state index in [1.807, 2.05) is 45.3 Å². The maximum absolute atomic E-state index is 13.2. The number of allylic oxidation sites excluding steroid dienone is 3. The molecule has 5 N–H and O–H groups in total. The van der Waals surface area contributed by atoms with Crippen molar-refractivity contribution < 1.29 is 4.79 Å². The van der Waals surface area contributed by atoms with Crippen molar-refractivity contribution in [2.75, 3.05) is 32.9 Å². The van der Waals surface area contributed by atoms with Crippen molar-refractivity contribution in [2.45, 2.75) is 32.4 Å². The van der Waals surface area contributed by atoms with E-state index in [0.29, 0.717) is 11.4 Å². The number of pyridine rings is 1. The van der Waals surface area contributed by atoms with Crippen LogP contribution < -0.4 is 16.8 Å². The first kappa shape index (κ1) is 23.5. The molecule has 3 rings (SSSR count). The molecule has 0 unspecified atom stereocenters. The molecule has 1 atom stereocenters. The van der Waals surface area contributed by atoms with Crippen LogP contribution in [-0.4, -0.2) is 53.9 Å². The summed E-state index contributed by atoms with van der Waals surface area (Å²) in [6.45, 7) is 8.13. The van der Waals surface area contributed by atoms with Crippen LogP contribution in [0.2, 0.25) is 0 Å². The Balaban J connectivity index is 1.88. The Hall–Kier alpha value is -3.16. The van der Waals surface area contributed by atoms with Crippen LogP contribution in [0.1, 0.15) is 35.8 Å². The van der Waals surface area contributed by atoms with E-state index in [4.69, 9.17) is 11.5 Å². The van der Waals surface area contributed by atoms with Crippen molar-refractivity contribution in [3.05, 3.63) is 71.7 Å². The van der Waals surface area contributed by atoms with E-state index < -0.39 is 0 Å². The van der Waals surface area contributed by atoms with Gasteiger partial charge in [0.1, 0.15) is 0 Å². The third-order valence-electron chi connectivity index (χ3n) is 5.51. The maximum Gasteiger partial charge on any atom is 0.276 e. The zero-order valence-electron chi connectivity index (χ0n) is 19.3. The summed E-state index contributed by atoms with van der Waals surface area (Å²) in [5.41, 5.74) is 16.4. The average molecular weight is 435 g/mol. The van der Waals surface area contributed by atoms with Gasteiger partial charge in [0.25, 0.3) is 5.91 Å². The largest absolute Gasteiger partial charge is 0.397 e. The van der Waals surface area contributed by atoms with Gasteiger partial charge in [-0.25, -0.2) is 4.98 Å². The summed E-state index contributed by atoms with van der Waals surface area (Å²) < 4.78 is 0. The highest BCUT2D eigenvalue weighted by atomic mass is 16.1. The van der Waals surface area contributed by atoms with Crippen molar-refractivity contribution in [3.8, 4) is 0 Å². The molecule has 0 saturated carbocycles. The lowest BCUT2D eigenvalue weighted by Crippen LogP contribution is -2.43. The lowest BCUT2D eigenvalue weighted by molar-refractivity contribution is 0.0960. The highest BCUT2D eigenvalue weighted by Gasteiger charge is 2.23. The molecular weight excluding hydrogens is 400 g/mol. The smallest absolute Gasteiger partial charge is 0.276 e. The van der Waals surface area contributed by atoms with Gasteiger partial charge >= 0.3 is 0 Å². The fourth-order valence-corrected chi connectivity index (χ4v) is 4.05. The highest BCUT2D eigenvalue weighted by molar-refractivity contribution is 6.01. The normalized spacial score (nSPS) is 17.7. The van der Waals surface area contributed by atoms with Gasteiger partial charge in [0, 0.05) is 31.1 Å². The number of rotatable bonds is 7. The molecule has 1 aromatic heterocycles. The van der Waals surface area contributed by atoms with Crippen LogP contribution in [0.15, 0.2) is 60.5 Å². The number of anilines is 1. The van der Waals surface area contributed by atoms with E-state index in [0.717, 1.165) is 54.6 Å². The first-order chi connectivity index (χ1) is 15.3. The molecule has 0 radical (unpaired) electrons. The van der Waals surface area contributed by atoms with Gasteiger partial charge < -0.3 is 26.6 Å². The third-order valence-corrected chi connectivity index (χ3v) is 5.51. The predicted octanol–water partition coefficient (Wildman–Crippen LogP) is 3.01. The SMILES string of the molecule is C=C/C=C(\C(=C/C)NC(=O)c1nc2cc(CN(C)C)ccc2cc1N)N1CCC[C@H](N)C1. The van der Waals surface area contributed by atoms with Crippen LogP contribution in [0, 0.1) is 0 Å². The minimum atomic E-state index is -0.341. The number of hydrogen-bond acceptors (Lipinski definition) is 6. The van der Waals surface area contributed by atoms with Crippen molar-refractivity contribution in [2.24, 2.45) is 5.73 Å². The summed E-state index contributed by atoms with van der Waals surface area (Å²) in [5, 5.41) is 3.91. The molecule has 1 saturated heterocycles. The fourth-order valence-electron chi connectivity index (χ4n) is 4.05. The standard InChI is InChI=1S/C25H34N6O/c1-5-8-23(31-12-7-9-19(26)16-31)21(6-2)29-25(32)24-20(27)14-18-11-10-17(15-30(3)4)13-22(18)28-24/h5-6,8,10-11,13-14,19H,1,7,9,12,15-16,26-27H2,2-4H3,(H,29,32)/b21-6+,23-8+/t19-/m0/s1. The predicted molar refractivity (Wildman–Crippen MR) is 132 cm³/mol. The topological polar surface area (TPSA) is 101 Å². The molecule has 0 aliphatic carbocycles. The number of nitrogens with one attached hydrogen (secondary N) is 1. The van der Waals surface area contributed by atoms with Gasteiger partial charge in [0.2, 0.25) is 0 Å². The van der Waals surface area contributed by atoms with Crippen LogP contribution in [0.25, 0.3) is 10.9 Å². The van der Waals surface area contributed by atoms with E-state index in [2.05, 4.69) is 32.7 Å². The van der Waals surface area contributed by atoms with Gasteiger partial charge in [0.05, 0.1) is 22.6 Å². The minimum absolute atomic E-state index is 0.111. The summed E-state index contributed by atoms with van der Waals surface area (Å²) in [4.78, 5) is 22.1. The highest BCUT2D eigenvalue weighted by Crippen LogP contribution is 2.23. The second-order valence-electron chi connectivity index (χ2n) is 8.48. The molecule has 0 spiro atoms. The van der Waals surface area contributed by atoms with Crippen molar-refractivity contribution in [1.29, 1.82) is 0 Å². The zero-order chi connectivity index (χ0) is 23.3. The van der Waals surface area contributed by atoms with Crippen LogP contribution in [0.4, 0.5) is 5.69 Å². The van der Waals surface area contributed by atoms with Crippen molar-refractivity contribution >= 4 is 22.5 Å². The van der Waals surface area contributed by atoms with E-state index in [-0.39, 0.29) is 17.6 Å². The molecule has 1 fully saturated rings. The quantitative estimate of drug-likeness (QED) is 0.579. The number of amides is 1. The first-order valence-electron chi connectivity index (χ1n) is 11.0. The number of nitrogens with zero attached hydrogens (tertiary/aromatic N) is 3. The molecular formula is C25H34N6O. The molecule has 2 aromatic rings. The van der Waals surface area contributed by atoms with Crippen molar-refractivity contribution in [1.82, 2.24) is 20.1 Å². The Kier molecular flexibility index (Phi) is 7.66. The molecule has 2 heterocycles. The van der Waals surface area contributed by atoms with E-state index in [9.17, 15) is 4.79 Å². The Morgan fingerprint density at radius 2 is 2.16 bits per heavy atom. The lowest BCUT2D eigenvalue weighted by atomic mass is 10.0. The second-order valence-corrected chi connectivity index (χ2v) is 8.48. The van der Waals surface area contributed by atoms with Crippen LogP contribution in [0.3, 0.4) is 0 Å². The van der Waals surface area contributed by atoms with Gasteiger partial charge in [-0.15, -0.1) is 0 Å². The van der Waals surface area contributed by atoms with E-state index in [1.165, 1.54) is 0 Å². The number of piperidine rings is 1. The number of fused-ring (bicyclic) bond motifs is 1. The molecule has 1 aromatic carbocycles. The molecule has 7 nitrogen and oxygen atoms in total. The molecule has 1 aliphatic rings. The number of benzene rings is 1. The Morgan fingerprint density at radius 3 is 2.81 bits per heavy atom. The summed E-state index contributed by atoms with van der Waals surface area (Å²) in [5.74, 6) is -0.341. The number of carbonyl (C=O) groups is 1. The van der Waals surface area contributed by atoms with Crippen molar-refractivity contribution in [3.63, 3.8) is 0 Å². The zero-order valence-corrected chi connectivity index (χ0v) is 19.3. The van der Waals surface area contributed by atoms with Gasteiger partial charge in [-0.1, -0.05) is 30.9 Å². The van der Waals surface area contributed by atoms with Gasteiger partial charge in [-0.2, -0.15) is 0 Å². The summed E-state index contributed by atoms with van der Waals surface area (Å²) in [6.07, 6.45) is 7.51. The van der Waals surface area contributed by atoms with Gasteiger partial charge in [0.15, 0.2) is 5.69 Å². The summed E-state index contributed by atoms with van der Waals surface area (Å²) in [7, 11) is 4.03. The first-order valence-corrected chi connectivity index (χ1v) is 11.0. The van der Waals surface area contributed by atoms with Crippen LogP contribution in [0.5, 0.6) is 0 Å². The molecule has 1 amide bonds. The molecule has 0 bridgehead atoms. The number of hydrogen-bond donors (Lipinski definition) is 3. The van der Waals surface area contributed by atoms with Crippen LogP contribution >= 0.6 is 0 Å². The Labute approximate surface area is 190 Å². The van der Waals surface area contributed by atoms with Crippen LogP contribution in [-0.2, 0) is 6.54 Å². The number of nitrogens with two attached hydrogens (primary N) is 2. The Morgan fingerprint density at radius 1 is 1.38 bits per heavy atom. The molecule has 32 heavy (non-hydrogen) atoms. The number of carbonyl (C=O) groups excluding carboxylic acids is 1. The molecule has 7 heteroatoms. The maximum atomic E-state index is 13.2. The monoisotopic (exact) mass is 434 g/mol. The van der Waals surface area contributed by atoms with Gasteiger partial charge in [-0.05, 0) is 57.6 Å². The second kappa shape index (κ2) is 10.4.